The molecule has 0 bridgehead atoms. The fraction of sp³-hybridized carbons (Fsp3) is 0.296. The minimum atomic E-state index is -0.117. The number of carbonyl (C=O) groups is 2. The van der Waals surface area contributed by atoms with Crippen molar-refractivity contribution in [2.45, 2.75) is 78.7 Å². The zero-order valence-corrected chi connectivity index (χ0v) is 36.4. The van der Waals surface area contributed by atoms with Crippen molar-refractivity contribution in [3.8, 4) is 11.5 Å². The summed E-state index contributed by atoms with van der Waals surface area (Å²) in [6, 6.07) is 53.8. The van der Waals surface area contributed by atoms with Crippen LogP contribution in [-0.4, -0.2) is 47.8 Å². The Kier molecular flexibility index (Phi) is 18.2. The number of rotatable bonds is 25. The summed E-state index contributed by atoms with van der Waals surface area (Å²) in [6.07, 6.45) is 6.30. The van der Waals surface area contributed by atoms with Crippen molar-refractivity contribution in [2.24, 2.45) is 0 Å². The van der Waals surface area contributed by atoms with Gasteiger partial charge in [-0.15, -0.1) is 0 Å². The third-order valence-electron chi connectivity index (χ3n) is 10.8. The van der Waals surface area contributed by atoms with E-state index >= 15 is 0 Å². The fourth-order valence-electron chi connectivity index (χ4n) is 7.58. The first-order valence-corrected chi connectivity index (χ1v) is 22.0. The van der Waals surface area contributed by atoms with E-state index in [0.717, 1.165) is 100 Å². The first-order valence-electron chi connectivity index (χ1n) is 22.0. The molecule has 0 saturated carbocycles. The van der Waals surface area contributed by atoms with Crippen molar-refractivity contribution in [2.75, 3.05) is 36.8 Å². The molecule has 0 fully saturated rings. The highest BCUT2D eigenvalue weighted by molar-refractivity contribution is 5.91. The van der Waals surface area contributed by atoms with Crippen LogP contribution in [0.25, 0.3) is 0 Å². The number of anilines is 2. The third-order valence-corrected chi connectivity index (χ3v) is 10.8. The van der Waals surface area contributed by atoms with Gasteiger partial charge in [-0.25, -0.2) is 0 Å². The summed E-state index contributed by atoms with van der Waals surface area (Å²) in [5, 5.41) is 5.98. The van der Waals surface area contributed by atoms with Gasteiger partial charge in [-0.2, -0.15) is 0 Å². The van der Waals surface area contributed by atoms with E-state index in [1.54, 1.807) is 0 Å². The first kappa shape index (κ1) is 45.3. The molecule has 0 atom stereocenters. The Morgan fingerprint density at radius 3 is 1.13 bits per heavy atom. The maximum absolute atomic E-state index is 12.1. The van der Waals surface area contributed by atoms with Gasteiger partial charge in [0.15, 0.2) is 0 Å². The van der Waals surface area contributed by atoms with Crippen molar-refractivity contribution in [3.05, 3.63) is 191 Å². The predicted octanol–water partition coefficient (Wildman–Crippen LogP) is 11.1. The smallest absolute Gasteiger partial charge is 0.221 e. The van der Waals surface area contributed by atoms with E-state index in [-0.39, 0.29) is 11.8 Å². The quantitative estimate of drug-likeness (QED) is 0.0559. The molecule has 2 amide bonds. The lowest BCUT2D eigenvalue weighted by atomic mass is 10.1. The second kappa shape index (κ2) is 24.9. The zero-order chi connectivity index (χ0) is 43.2. The third kappa shape index (κ3) is 16.0. The van der Waals surface area contributed by atoms with Crippen molar-refractivity contribution < 1.29 is 19.1 Å². The Morgan fingerprint density at radius 1 is 0.419 bits per heavy atom. The van der Waals surface area contributed by atoms with Gasteiger partial charge in [0.2, 0.25) is 11.8 Å². The van der Waals surface area contributed by atoms with E-state index < -0.39 is 0 Å². The standard InChI is InChI=1S/C54H62N4O4/c1-43(59)55-51-37-45(27-29-53(51)61-41-49-23-13-7-14-24-49)31-35-57(39-47-19-9-5-10-20-47)33-17-3-4-18-34-58(40-48-21-11-6-12-22-48)36-32-46-28-30-54(52(38-46)56-44(2)60)62-42-50-25-15-8-16-26-50/h5-16,19-30,37-38H,3-4,17-18,31-36,39-42H2,1-2H3,(H,55,59)(H,56,60). The van der Waals surface area contributed by atoms with Crippen LogP contribution in [0.15, 0.2) is 158 Å². The van der Waals surface area contributed by atoms with Crippen LogP contribution < -0.4 is 20.1 Å². The van der Waals surface area contributed by atoms with Crippen LogP contribution in [0.1, 0.15) is 72.9 Å². The summed E-state index contributed by atoms with van der Waals surface area (Å²) in [5.41, 5.74) is 8.52. The molecule has 8 nitrogen and oxygen atoms in total. The predicted molar refractivity (Wildman–Crippen MR) is 252 cm³/mol. The molecule has 8 heteroatoms. The molecule has 0 spiro atoms. The van der Waals surface area contributed by atoms with Gasteiger partial charge in [-0.05, 0) is 96.4 Å². The highest BCUT2D eigenvalue weighted by Crippen LogP contribution is 2.29. The van der Waals surface area contributed by atoms with E-state index in [1.807, 2.05) is 72.8 Å². The lowest BCUT2D eigenvalue weighted by molar-refractivity contribution is -0.115. The number of unbranched alkanes of at least 4 members (excludes halogenated alkanes) is 3. The van der Waals surface area contributed by atoms with Gasteiger partial charge in [-0.1, -0.05) is 146 Å². The second-order valence-electron chi connectivity index (χ2n) is 16.0. The lowest BCUT2D eigenvalue weighted by Crippen LogP contribution is -2.27. The number of ether oxygens (including phenoxy) is 2. The molecule has 0 aliphatic carbocycles. The number of benzene rings is 6. The van der Waals surface area contributed by atoms with Gasteiger partial charge in [-0.3, -0.25) is 19.4 Å². The van der Waals surface area contributed by atoms with E-state index in [4.69, 9.17) is 9.47 Å². The Labute approximate surface area is 368 Å². The molecule has 0 saturated heterocycles. The highest BCUT2D eigenvalue weighted by Gasteiger charge is 2.13. The largest absolute Gasteiger partial charge is 0.487 e. The zero-order valence-electron chi connectivity index (χ0n) is 36.4. The monoisotopic (exact) mass is 830 g/mol. The number of amides is 2. The Bertz CT molecular complexity index is 2080. The number of nitrogens with one attached hydrogen (secondary N) is 2. The van der Waals surface area contributed by atoms with E-state index in [1.165, 1.54) is 25.0 Å². The molecule has 6 aromatic rings. The van der Waals surface area contributed by atoms with Crippen LogP contribution in [0.5, 0.6) is 11.5 Å². The minimum absolute atomic E-state index is 0.117. The summed E-state index contributed by atoms with van der Waals surface area (Å²) in [7, 11) is 0. The maximum Gasteiger partial charge on any atom is 0.221 e. The van der Waals surface area contributed by atoms with Gasteiger partial charge in [0.05, 0.1) is 11.4 Å². The molecule has 0 unspecified atom stereocenters. The number of hydrogen-bond donors (Lipinski definition) is 2. The molecule has 62 heavy (non-hydrogen) atoms. The Morgan fingerprint density at radius 2 is 0.774 bits per heavy atom. The van der Waals surface area contributed by atoms with Gasteiger partial charge in [0.25, 0.3) is 0 Å². The van der Waals surface area contributed by atoms with E-state index in [0.29, 0.717) is 36.1 Å². The average molecular weight is 831 g/mol. The Hall–Kier alpha value is -6.22. The van der Waals surface area contributed by atoms with Crippen molar-refractivity contribution >= 4 is 23.2 Å². The maximum atomic E-state index is 12.1. The van der Waals surface area contributed by atoms with Crippen LogP contribution in [0.4, 0.5) is 11.4 Å². The molecule has 6 aromatic carbocycles. The minimum Gasteiger partial charge on any atom is -0.487 e. The topological polar surface area (TPSA) is 83.1 Å². The first-order chi connectivity index (χ1) is 30.4. The van der Waals surface area contributed by atoms with Crippen molar-refractivity contribution in [1.82, 2.24) is 9.80 Å². The molecule has 2 N–H and O–H groups in total. The van der Waals surface area contributed by atoms with Gasteiger partial charge in [0.1, 0.15) is 24.7 Å². The van der Waals surface area contributed by atoms with Crippen LogP contribution >= 0.6 is 0 Å². The molecule has 0 aliphatic heterocycles. The number of hydrogen-bond acceptors (Lipinski definition) is 6. The Balaban J connectivity index is 1.01. The van der Waals surface area contributed by atoms with Crippen molar-refractivity contribution in [3.63, 3.8) is 0 Å². The summed E-state index contributed by atoms with van der Waals surface area (Å²) in [5.74, 6) is 1.11. The van der Waals surface area contributed by atoms with Crippen LogP contribution in [0, 0.1) is 0 Å². The molecule has 322 valence electrons. The molecule has 0 aromatic heterocycles. The van der Waals surface area contributed by atoms with Crippen molar-refractivity contribution in [1.29, 1.82) is 0 Å². The van der Waals surface area contributed by atoms with Crippen LogP contribution in [-0.2, 0) is 48.7 Å². The average Bonchev–Trinajstić information content (AvgIpc) is 3.28. The number of carbonyl (C=O) groups excluding carboxylic acids is 2. The summed E-state index contributed by atoms with van der Waals surface area (Å²) >= 11 is 0. The molecule has 0 heterocycles. The number of nitrogens with zero attached hydrogens (tertiary/aromatic N) is 2. The normalized spacial score (nSPS) is 11.1. The van der Waals surface area contributed by atoms with Gasteiger partial charge in [0, 0.05) is 40.0 Å². The summed E-state index contributed by atoms with van der Waals surface area (Å²) in [4.78, 5) is 29.4. The van der Waals surface area contributed by atoms with E-state index in [9.17, 15) is 9.59 Å². The second-order valence-corrected chi connectivity index (χ2v) is 16.0. The van der Waals surface area contributed by atoms with E-state index in [2.05, 4.69) is 105 Å². The highest BCUT2D eigenvalue weighted by atomic mass is 16.5. The fourth-order valence-corrected chi connectivity index (χ4v) is 7.58. The SMILES string of the molecule is CC(=O)Nc1cc(CCN(CCCCCCN(CCc2ccc(OCc3ccccc3)c(NC(C)=O)c2)Cc2ccccc2)Cc2ccccc2)ccc1OCc1ccccc1. The molecular weight excluding hydrogens is 769 g/mol. The van der Waals surface area contributed by atoms with Crippen LogP contribution in [0.2, 0.25) is 0 Å². The van der Waals surface area contributed by atoms with Gasteiger partial charge < -0.3 is 20.1 Å². The molecule has 0 radical (unpaired) electrons. The molecular formula is C54H62N4O4. The molecule has 6 rings (SSSR count). The lowest BCUT2D eigenvalue weighted by Gasteiger charge is -2.24. The molecule has 0 aliphatic rings. The summed E-state index contributed by atoms with van der Waals surface area (Å²) in [6.45, 7) is 9.58. The van der Waals surface area contributed by atoms with Gasteiger partial charge >= 0.3 is 0 Å². The summed E-state index contributed by atoms with van der Waals surface area (Å²) < 4.78 is 12.3. The van der Waals surface area contributed by atoms with Crippen LogP contribution in [0.3, 0.4) is 0 Å².